The lowest BCUT2D eigenvalue weighted by atomic mass is 9.94. The first-order valence-corrected chi connectivity index (χ1v) is 8.10. The van der Waals surface area contributed by atoms with Crippen LogP contribution in [0.25, 0.3) is 0 Å². The van der Waals surface area contributed by atoms with E-state index >= 15 is 0 Å². The summed E-state index contributed by atoms with van der Waals surface area (Å²) < 4.78 is 0. The first-order chi connectivity index (χ1) is 8.77. The quantitative estimate of drug-likeness (QED) is 0.848. The Kier molecular flexibility index (Phi) is 5.67. The number of likely N-dealkylation sites (N-methyl/N-ethyl adjacent to an activating group) is 1. The van der Waals surface area contributed by atoms with Gasteiger partial charge in [-0.15, -0.1) is 11.3 Å². The lowest BCUT2D eigenvalue weighted by Gasteiger charge is -2.35. The Bertz CT molecular complexity index is 317. The SMILES string of the molecule is CC(CNCc1cccs1)N(C)C1CCCCC1. The van der Waals surface area contributed by atoms with Gasteiger partial charge in [0.05, 0.1) is 0 Å². The molecule has 102 valence electrons. The lowest BCUT2D eigenvalue weighted by Crippen LogP contribution is -2.44. The minimum atomic E-state index is 0.632. The molecule has 1 atom stereocenters. The molecule has 0 aromatic carbocycles. The van der Waals surface area contributed by atoms with Crippen molar-refractivity contribution >= 4 is 11.3 Å². The summed E-state index contributed by atoms with van der Waals surface area (Å²) >= 11 is 1.83. The maximum absolute atomic E-state index is 3.58. The molecule has 0 bridgehead atoms. The normalized spacial score (nSPS) is 19.3. The molecule has 2 nitrogen and oxygen atoms in total. The van der Waals surface area contributed by atoms with Crippen LogP contribution in [0.4, 0.5) is 0 Å². The van der Waals surface area contributed by atoms with Gasteiger partial charge in [0.1, 0.15) is 0 Å². The van der Waals surface area contributed by atoms with Gasteiger partial charge in [0.25, 0.3) is 0 Å². The van der Waals surface area contributed by atoms with E-state index in [1.54, 1.807) is 0 Å². The first kappa shape index (κ1) is 14.0. The molecule has 1 N–H and O–H groups in total. The van der Waals surface area contributed by atoms with Crippen molar-refractivity contribution in [3.8, 4) is 0 Å². The van der Waals surface area contributed by atoms with Crippen LogP contribution in [0.3, 0.4) is 0 Å². The number of thiophene rings is 1. The molecule has 18 heavy (non-hydrogen) atoms. The van der Waals surface area contributed by atoms with Crippen LogP contribution < -0.4 is 5.32 Å². The zero-order chi connectivity index (χ0) is 12.8. The monoisotopic (exact) mass is 266 g/mol. The third kappa shape index (κ3) is 4.08. The summed E-state index contributed by atoms with van der Waals surface area (Å²) in [5, 5.41) is 5.72. The Hall–Kier alpha value is -0.380. The first-order valence-electron chi connectivity index (χ1n) is 7.22. The van der Waals surface area contributed by atoms with Gasteiger partial charge in [-0.25, -0.2) is 0 Å². The lowest BCUT2D eigenvalue weighted by molar-refractivity contribution is 0.144. The Morgan fingerprint density at radius 3 is 2.83 bits per heavy atom. The van der Waals surface area contributed by atoms with Crippen LogP contribution in [0.15, 0.2) is 17.5 Å². The number of hydrogen-bond acceptors (Lipinski definition) is 3. The summed E-state index contributed by atoms with van der Waals surface area (Å²) in [4.78, 5) is 4.02. The molecular weight excluding hydrogens is 240 g/mol. The summed E-state index contributed by atoms with van der Waals surface area (Å²) in [6.45, 7) is 4.45. The molecule has 1 aromatic heterocycles. The standard InChI is InChI=1S/C15H26N2S/c1-13(11-16-12-15-9-6-10-18-15)17(2)14-7-4-3-5-8-14/h6,9-10,13-14,16H,3-5,7-8,11-12H2,1-2H3. The van der Waals surface area contributed by atoms with Gasteiger partial charge in [-0.05, 0) is 38.3 Å². The molecule has 1 aliphatic carbocycles. The summed E-state index contributed by atoms with van der Waals surface area (Å²) in [6.07, 6.45) is 7.07. The largest absolute Gasteiger partial charge is 0.310 e. The summed E-state index contributed by atoms with van der Waals surface area (Å²) in [5.41, 5.74) is 0. The molecule has 0 radical (unpaired) electrons. The molecule has 1 saturated carbocycles. The number of nitrogens with zero attached hydrogens (tertiary/aromatic N) is 1. The highest BCUT2D eigenvalue weighted by atomic mass is 32.1. The molecule has 1 aromatic rings. The van der Waals surface area contributed by atoms with Crippen LogP contribution in [0.1, 0.15) is 43.9 Å². The second-order valence-electron chi connectivity index (χ2n) is 5.52. The van der Waals surface area contributed by atoms with E-state index in [9.17, 15) is 0 Å². The molecular formula is C15H26N2S. The molecule has 0 amide bonds. The van der Waals surface area contributed by atoms with Crippen molar-refractivity contribution in [2.75, 3.05) is 13.6 Å². The minimum Gasteiger partial charge on any atom is -0.310 e. The zero-order valence-corrected chi connectivity index (χ0v) is 12.5. The second-order valence-corrected chi connectivity index (χ2v) is 6.55. The predicted molar refractivity (Wildman–Crippen MR) is 80.1 cm³/mol. The number of hydrogen-bond donors (Lipinski definition) is 1. The van der Waals surface area contributed by atoms with Crippen LogP contribution in [0.2, 0.25) is 0 Å². The van der Waals surface area contributed by atoms with Crippen molar-refractivity contribution < 1.29 is 0 Å². The predicted octanol–water partition coefficient (Wildman–Crippen LogP) is 3.49. The summed E-state index contributed by atoms with van der Waals surface area (Å²) in [7, 11) is 2.30. The van der Waals surface area contributed by atoms with Crippen molar-refractivity contribution in [2.45, 2.75) is 57.7 Å². The molecule has 1 unspecified atom stereocenters. The number of rotatable bonds is 6. The Morgan fingerprint density at radius 2 is 2.17 bits per heavy atom. The smallest absolute Gasteiger partial charge is 0.0300 e. The molecule has 0 aliphatic heterocycles. The van der Waals surface area contributed by atoms with Crippen molar-refractivity contribution in [2.24, 2.45) is 0 Å². The van der Waals surface area contributed by atoms with Gasteiger partial charge in [0, 0.05) is 30.1 Å². The van der Waals surface area contributed by atoms with E-state index < -0.39 is 0 Å². The van der Waals surface area contributed by atoms with Gasteiger partial charge in [-0.2, -0.15) is 0 Å². The minimum absolute atomic E-state index is 0.632. The fraction of sp³-hybridized carbons (Fsp3) is 0.733. The highest BCUT2D eigenvalue weighted by Crippen LogP contribution is 2.22. The molecule has 1 heterocycles. The molecule has 1 aliphatic rings. The van der Waals surface area contributed by atoms with E-state index in [4.69, 9.17) is 0 Å². The van der Waals surface area contributed by atoms with Crippen molar-refractivity contribution in [1.29, 1.82) is 0 Å². The van der Waals surface area contributed by atoms with Crippen LogP contribution in [0.5, 0.6) is 0 Å². The van der Waals surface area contributed by atoms with Crippen LogP contribution in [-0.4, -0.2) is 30.6 Å². The van der Waals surface area contributed by atoms with E-state index in [0.717, 1.165) is 19.1 Å². The van der Waals surface area contributed by atoms with E-state index in [1.807, 2.05) is 11.3 Å². The maximum atomic E-state index is 3.58. The van der Waals surface area contributed by atoms with Crippen molar-refractivity contribution in [1.82, 2.24) is 10.2 Å². The van der Waals surface area contributed by atoms with Crippen molar-refractivity contribution in [3.05, 3.63) is 22.4 Å². The Morgan fingerprint density at radius 1 is 1.39 bits per heavy atom. The third-order valence-electron chi connectivity index (χ3n) is 4.16. The average molecular weight is 266 g/mol. The Balaban J connectivity index is 1.68. The molecule has 1 fully saturated rings. The van der Waals surface area contributed by atoms with E-state index in [1.165, 1.54) is 37.0 Å². The molecule has 3 heteroatoms. The fourth-order valence-corrected chi connectivity index (χ4v) is 3.48. The van der Waals surface area contributed by atoms with Gasteiger partial charge in [-0.1, -0.05) is 25.3 Å². The van der Waals surface area contributed by atoms with Crippen LogP contribution in [-0.2, 0) is 6.54 Å². The highest BCUT2D eigenvalue weighted by Gasteiger charge is 2.21. The van der Waals surface area contributed by atoms with E-state index in [-0.39, 0.29) is 0 Å². The topological polar surface area (TPSA) is 15.3 Å². The van der Waals surface area contributed by atoms with Gasteiger partial charge >= 0.3 is 0 Å². The van der Waals surface area contributed by atoms with Crippen LogP contribution >= 0.6 is 11.3 Å². The van der Waals surface area contributed by atoms with Crippen LogP contribution in [0, 0.1) is 0 Å². The average Bonchev–Trinajstić information content (AvgIpc) is 2.92. The zero-order valence-electron chi connectivity index (χ0n) is 11.7. The van der Waals surface area contributed by atoms with Gasteiger partial charge < -0.3 is 5.32 Å². The van der Waals surface area contributed by atoms with Gasteiger partial charge in [0.15, 0.2) is 0 Å². The highest BCUT2D eigenvalue weighted by molar-refractivity contribution is 7.09. The summed E-state index contributed by atoms with van der Waals surface area (Å²) in [6, 6.07) is 5.78. The van der Waals surface area contributed by atoms with E-state index in [0.29, 0.717) is 6.04 Å². The summed E-state index contributed by atoms with van der Waals surface area (Å²) in [5.74, 6) is 0. The Labute approximate surface area is 115 Å². The molecule has 0 spiro atoms. The third-order valence-corrected chi connectivity index (χ3v) is 5.04. The van der Waals surface area contributed by atoms with Crippen molar-refractivity contribution in [3.63, 3.8) is 0 Å². The van der Waals surface area contributed by atoms with Gasteiger partial charge in [0.2, 0.25) is 0 Å². The van der Waals surface area contributed by atoms with E-state index in [2.05, 4.69) is 41.7 Å². The molecule has 0 saturated heterocycles. The second kappa shape index (κ2) is 7.27. The molecule has 2 rings (SSSR count). The maximum Gasteiger partial charge on any atom is 0.0300 e. The fourth-order valence-electron chi connectivity index (χ4n) is 2.81. The van der Waals surface area contributed by atoms with Gasteiger partial charge in [-0.3, -0.25) is 4.90 Å². The number of nitrogens with one attached hydrogen (secondary N) is 1.